The molecule has 0 amide bonds. The summed E-state index contributed by atoms with van der Waals surface area (Å²) in [6.45, 7) is 0. The van der Waals surface area contributed by atoms with E-state index in [4.69, 9.17) is 0 Å². The predicted molar refractivity (Wildman–Crippen MR) is 97.9 cm³/mol. The Bertz CT molecular complexity index is 1170. The summed E-state index contributed by atoms with van der Waals surface area (Å²) in [6, 6.07) is 18.9. The zero-order valence-corrected chi connectivity index (χ0v) is 13.0. The summed E-state index contributed by atoms with van der Waals surface area (Å²) < 4.78 is 1.29. The summed E-state index contributed by atoms with van der Waals surface area (Å²) in [5, 5.41) is 4.82. The van der Waals surface area contributed by atoms with Crippen LogP contribution in [0.15, 0.2) is 73.2 Å². The van der Waals surface area contributed by atoms with E-state index in [0.717, 1.165) is 5.52 Å². The second-order valence-corrected chi connectivity index (χ2v) is 6.63. The highest BCUT2D eigenvalue weighted by Crippen LogP contribution is 2.39. The van der Waals surface area contributed by atoms with E-state index in [1.54, 1.807) is 0 Å². The van der Waals surface area contributed by atoms with Gasteiger partial charge in [-0.05, 0) is 17.5 Å². The molecule has 0 atom stereocenters. The van der Waals surface area contributed by atoms with Gasteiger partial charge in [-0.3, -0.25) is 9.97 Å². The van der Waals surface area contributed by atoms with Crippen molar-refractivity contribution in [3.63, 3.8) is 0 Å². The molecule has 0 aliphatic heterocycles. The third kappa shape index (κ3) is 1.94. The normalized spacial score (nSPS) is 11.5. The van der Waals surface area contributed by atoms with Gasteiger partial charge in [0.05, 0.1) is 5.52 Å². The predicted octanol–water partition coefficient (Wildman–Crippen LogP) is 5.66. The average molecular weight is 312 g/mol. The summed E-state index contributed by atoms with van der Waals surface area (Å²) in [5.74, 6) is 0. The minimum atomic E-state index is 1.05. The number of rotatable bonds is 1. The van der Waals surface area contributed by atoms with Crippen LogP contribution in [0.5, 0.6) is 0 Å². The molecule has 0 spiro atoms. The highest BCUT2D eigenvalue weighted by Gasteiger charge is 2.10. The van der Waals surface area contributed by atoms with Gasteiger partial charge in [0.15, 0.2) is 0 Å². The van der Waals surface area contributed by atoms with Gasteiger partial charge in [0.2, 0.25) is 0 Å². The molecule has 3 heterocycles. The smallest absolute Gasteiger partial charge is 0.0716 e. The van der Waals surface area contributed by atoms with Crippen LogP contribution in [0.1, 0.15) is 0 Å². The van der Waals surface area contributed by atoms with E-state index in [-0.39, 0.29) is 0 Å². The van der Waals surface area contributed by atoms with Crippen molar-refractivity contribution < 1.29 is 0 Å². The summed E-state index contributed by atoms with van der Waals surface area (Å²) >= 11 is 1.81. The summed E-state index contributed by atoms with van der Waals surface area (Å²) in [7, 11) is 0. The molecule has 2 aromatic carbocycles. The van der Waals surface area contributed by atoms with E-state index in [1.807, 2.05) is 36.0 Å². The number of hydrogen-bond acceptors (Lipinski definition) is 3. The third-order valence-electron chi connectivity index (χ3n) is 4.19. The molecule has 3 aromatic heterocycles. The first-order valence-corrected chi connectivity index (χ1v) is 8.32. The minimum Gasteiger partial charge on any atom is -0.263 e. The van der Waals surface area contributed by atoms with Crippen LogP contribution in [0.3, 0.4) is 0 Å². The lowest BCUT2D eigenvalue weighted by atomic mass is 10.1. The van der Waals surface area contributed by atoms with Gasteiger partial charge in [0, 0.05) is 49.9 Å². The third-order valence-corrected chi connectivity index (χ3v) is 5.40. The van der Waals surface area contributed by atoms with Crippen LogP contribution >= 0.6 is 11.3 Å². The van der Waals surface area contributed by atoms with Crippen LogP contribution < -0.4 is 0 Å². The van der Waals surface area contributed by atoms with Crippen molar-refractivity contribution >= 4 is 43.1 Å². The zero-order chi connectivity index (χ0) is 15.2. The highest BCUT2D eigenvalue weighted by atomic mass is 32.1. The van der Waals surface area contributed by atoms with Crippen molar-refractivity contribution in [3.8, 4) is 10.4 Å². The Labute approximate surface area is 137 Å². The summed E-state index contributed by atoms with van der Waals surface area (Å²) in [5.41, 5.74) is 2.23. The number of pyridine rings is 2. The van der Waals surface area contributed by atoms with Crippen LogP contribution in [0.2, 0.25) is 0 Å². The lowest BCUT2D eigenvalue weighted by molar-refractivity contribution is 1.37. The summed E-state index contributed by atoms with van der Waals surface area (Å²) in [6.07, 6.45) is 5.85. The Balaban J connectivity index is 1.84. The minimum absolute atomic E-state index is 1.05. The van der Waals surface area contributed by atoms with Crippen molar-refractivity contribution in [3.05, 3.63) is 73.2 Å². The van der Waals surface area contributed by atoms with Crippen LogP contribution in [0.25, 0.3) is 42.2 Å². The number of thiophene rings is 1. The maximum absolute atomic E-state index is 4.57. The van der Waals surface area contributed by atoms with Crippen molar-refractivity contribution in [2.24, 2.45) is 0 Å². The SMILES string of the molecule is c1ccc2c(-c3cc4cnc5ccccc5c4s3)cncc2c1. The molecule has 0 saturated carbocycles. The first-order chi connectivity index (χ1) is 11.4. The van der Waals surface area contributed by atoms with Crippen LogP contribution in [-0.4, -0.2) is 9.97 Å². The van der Waals surface area contributed by atoms with Crippen LogP contribution in [0.4, 0.5) is 0 Å². The number of hydrogen-bond donors (Lipinski definition) is 0. The molecule has 3 heteroatoms. The van der Waals surface area contributed by atoms with Crippen molar-refractivity contribution in [1.82, 2.24) is 9.97 Å². The Kier molecular flexibility index (Phi) is 2.69. The molecular formula is C20H12N2S. The van der Waals surface area contributed by atoms with Gasteiger partial charge in [-0.15, -0.1) is 11.3 Å². The molecule has 0 unspecified atom stereocenters. The molecule has 23 heavy (non-hydrogen) atoms. The fourth-order valence-electron chi connectivity index (χ4n) is 3.07. The van der Waals surface area contributed by atoms with Gasteiger partial charge in [-0.1, -0.05) is 42.5 Å². The summed E-state index contributed by atoms with van der Waals surface area (Å²) in [4.78, 5) is 10.2. The molecule has 0 radical (unpaired) electrons. The molecular weight excluding hydrogens is 300 g/mol. The molecule has 5 aromatic rings. The number of fused-ring (bicyclic) bond motifs is 4. The maximum Gasteiger partial charge on any atom is 0.0716 e. The lowest BCUT2D eigenvalue weighted by Crippen LogP contribution is -1.80. The van der Waals surface area contributed by atoms with E-state index in [1.165, 1.54) is 36.7 Å². The Morgan fingerprint density at radius 2 is 1.57 bits per heavy atom. The highest BCUT2D eigenvalue weighted by molar-refractivity contribution is 7.23. The van der Waals surface area contributed by atoms with Gasteiger partial charge < -0.3 is 0 Å². The second-order valence-electron chi connectivity index (χ2n) is 5.58. The Hall–Kier alpha value is -2.78. The molecule has 108 valence electrons. The molecule has 5 rings (SSSR count). The van der Waals surface area contributed by atoms with Crippen LogP contribution in [-0.2, 0) is 0 Å². The maximum atomic E-state index is 4.57. The Morgan fingerprint density at radius 3 is 2.52 bits per heavy atom. The van der Waals surface area contributed by atoms with Gasteiger partial charge in [-0.2, -0.15) is 0 Å². The standard InChI is InChI=1S/C20H12N2S/c1-2-6-15-13(5-1)10-21-12-17(15)19-9-14-11-22-18-8-4-3-7-16(18)20(14)23-19/h1-12H. The largest absolute Gasteiger partial charge is 0.263 e. The van der Waals surface area contributed by atoms with E-state index in [2.05, 4.69) is 58.5 Å². The van der Waals surface area contributed by atoms with Gasteiger partial charge in [0.25, 0.3) is 0 Å². The first kappa shape index (κ1) is 12.7. The second kappa shape index (κ2) is 4.86. The molecule has 2 nitrogen and oxygen atoms in total. The van der Waals surface area contributed by atoms with E-state index < -0.39 is 0 Å². The number of aromatic nitrogens is 2. The van der Waals surface area contributed by atoms with Gasteiger partial charge >= 0.3 is 0 Å². The molecule has 0 aliphatic rings. The fourth-order valence-corrected chi connectivity index (χ4v) is 4.26. The van der Waals surface area contributed by atoms with E-state index in [0.29, 0.717) is 0 Å². The molecule has 0 aliphatic carbocycles. The molecule has 0 saturated heterocycles. The number of para-hydroxylation sites is 1. The molecule has 0 bridgehead atoms. The van der Waals surface area contributed by atoms with Crippen molar-refractivity contribution in [1.29, 1.82) is 0 Å². The zero-order valence-electron chi connectivity index (χ0n) is 12.2. The number of nitrogens with zero attached hydrogens (tertiary/aromatic N) is 2. The van der Waals surface area contributed by atoms with Crippen LogP contribution in [0, 0.1) is 0 Å². The van der Waals surface area contributed by atoms with E-state index in [9.17, 15) is 0 Å². The van der Waals surface area contributed by atoms with Gasteiger partial charge in [-0.25, -0.2) is 0 Å². The lowest BCUT2D eigenvalue weighted by Gasteiger charge is -2.02. The average Bonchev–Trinajstić information content (AvgIpc) is 3.06. The van der Waals surface area contributed by atoms with Crippen molar-refractivity contribution in [2.75, 3.05) is 0 Å². The molecule has 0 fully saturated rings. The number of benzene rings is 2. The Morgan fingerprint density at radius 1 is 0.739 bits per heavy atom. The van der Waals surface area contributed by atoms with Crippen molar-refractivity contribution in [2.45, 2.75) is 0 Å². The quantitative estimate of drug-likeness (QED) is 0.399. The first-order valence-electron chi connectivity index (χ1n) is 7.50. The molecule has 0 N–H and O–H groups in total. The van der Waals surface area contributed by atoms with E-state index >= 15 is 0 Å². The topological polar surface area (TPSA) is 25.8 Å². The fraction of sp³-hybridized carbons (Fsp3) is 0. The van der Waals surface area contributed by atoms with Gasteiger partial charge in [0.1, 0.15) is 0 Å². The monoisotopic (exact) mass is 312 g/mol.